The molecule has 0 saturated heterocycles. The van der Waals surface area contributed by atoms with Crippen molar-refractivity contribution in [1.29, 1.82) is 0 Å². The Balaban J connectivity index is 2.64. The van der Waals surface area contributed by atoms with Gasteiger partial charge < -0.3 is 9.47 Å². The summed E-state index contributed by atoms with van der Waals surface area (Å²) in [5.74, 6) is 0.936. The Kier molecular flexibility index (Phi) is 3.64. The van der Waals surface area contributed by atoms with Crippen molar-refractivity contribution in [3.63, 3.8) is 0 Å². The van der Waals surface area contributed by atoms with Crippen LogP contribution in [-0.4, -0.2) is 18.8 Å². The standard InChI is InChI=1S/C9H10O3S/c1-11-7-2-4-8(5-3-7)12-9(10)6-13/h2-5,13H,6H2,1H3. The summed E-state index contributed by atoms with van der Waals surface area (Å²) in [6.07, 6.45) is 0. The maximum atomic E-state index is 10.8. The van der Waals surface area contributed by atoms with Crippen LogP contribution in [0.4, 0.5) is 0 Å². The molecule has 1 aromatic rings. The Morgan fingerprint density at radius 1 is 1.31 bits per heavy atom. The van der Waals surface area contributed by atoms with Crippen LogP contribution in [0.25, 0.3) is 0 Å². The molecule has 0 atom stereocenters. The molecule has 3 nitrogen and oxygen atoms in total. The van der Waals surface area contributed by atoms with Gasteiger partial charge in [0.05, 0.1) is 12.9 Å². The van der Waals surface area contributed by atoms with E-state index >= 15 is 0 Å². The van der Waals surface area contributed by atoms with Gasteiger partial charge in [-0.25, -0.2) is 0 Å². The lowest BCUT2D eigenvalue weighted by Crippen LogP contribution is -2.08. The fourth-order valence-corrected chi connectivity index (χ4v) is 0.872. The van der Waals surface area contributed by atoms with Gasteiger partial charge in [-0.15, -0.1) is 0 Å². The maximum Gasteiger partial charge on any atom is 0.321 e. The molecule has 1 aromatic carbocycles. The molecular formula is C9H10O3S. The molecule has 0 radical (unpaired) electrons. The minimum Gasteiger partial charge on any atom is -0.497 e. The van der Waals surface area contributed by atoms with E-state index in [0.29, 0.717) is 5.75 Å². The zero-order valence-electron chi connectivity index (χ0n) is 7.19. The lowest BCUT2D eigenvalue weighted by molar-refractivity contribution is -0.131. The van der Waals surface area contributed by atoms with Crippen molar-refractivity contribution in [2.75, 3.05) is 12.9 Å². The largest absolute Gasteiger partial charge is 0.497 e. The molecule has 0 aliphatic carbocycles. The Morgan fingerprint density at radius 2 is 1.85 bits per heavy atom. The van der Waals surface area contributed by atoms with Crippen LogP contribution in [0.15, 0.2) is 24.3 Å². The molecule has 0 N–H and O–H groups in total. The highest BCUT2D eigenvalue weighted by molar-refractivity contribution is 7.81. The van der Waals surface area contributed by atoms with Gasteiger partial charge in [-0.3, -0.25) is 4.79 Å². The number of ether oxygens (including phenoxy) is 2. The third-order valence-electron chi connectivity index (χ3n) is 1.42. The van der Waals surface area contributed by atoms with Crippen molar-refractivity contribution < 1.29 is 14.3 Å². The van der Waals surface area contributed by atoms with E-state index in [9.17, 15) is 4.79 Å². The third kappa shape index (κ3) is 2.99. The Bertz CT molecular complexity index is 281. The predicted octanol–water partition coefficient (Wildman–Crippen LogP) is 1.53. The molecule has 0 saturated carbocycles. The Hall–Kier alpha value is -1.16. The monoisotopic (exact) mass is 198 g/mol. The van der Waals surface area contributed by atoms with E-state index in [1.54, 1.807) is 31.4 Å². The highest BCUT2D eigenvalue weighted by Crippen LogP contribution is 2.16. The van der Waals surface area contributed by atoms with Gasteiger partial charge in [0.2, 0.25) is 0 Å². The van der Waals surface area contributed by atoms with Gasteiger partial charge in [0.25, 0.3) is 0 Å². The molecule has 0 spiro atoms. The lowest BCUT2D eigenvalue weighted by Gasteiger charge is -2.03. The predicted molar refractivity (Wildman–Crippen MR) is 52.5 cm³/mol. The van der Waals surface area contributed by atoms with Crippen LogP contribution >= 0.6 is 12.6 Å². The quantitative estimate of drug-likeness (QED) is 0.454. The highest BCUT2D eigenvalue weighted by Gasteiger charge is 2.01. The second-order valence-corrected chi connectivity index (χ2v) is 2.62. The van der Waals surface area contributed by atoms with Crippen LogP contribution in [-0.2, 0) is 4.79 Å². The summed E-state index contributed by atoms with van der Waals surface area (Å²) in [6.45, 7) is 0. The first-order valence-corrected chi connectivity index (χ1v) is 4.35. The van der Waals surface area contributed by atoms with E-state index in [2.05, 4.69) is 12.6 Å². The molecule has 4 heteroatoms. The molecule has 0 aliphatic rings. The van der Waals surface area contributed by atoms with Gasteiger partial charge in [-0.2, -0.15) is 12.6 Å². The lowest BCUT2D eigenvalue weighted by atomic mass is 10.3. The van der Waals surface area contributed by atoms with Crippen molar-refractivity contribution in [2.45, 2.75) is 0 Å². The number of carbonyl (C=O) groups is 1. The fraction of sp³-hybridized carbons (Fsp3) is 0.222. The number of hydrogen-bond acceptors (Lipinski definition) is 4. The summed E-state index contributed by atoms with van der Waals surface area (Å²) in [4.78, 5) is 10.8. The van der Waals surface area contributed by atoms with Crippen LogP contribution in [0.3, 0.4) is 0 Å². The molecule has 0 bridgehead atoms. The van der Waals surface area contributed by atoms with Crippen molar-refractivity contribution in [1.82, 2.24) is 0 Å². The number of esters is 1. The average molecular weight is 198 g/mol. The van der Waals surface area contributed by atoms with E-state index in [4.69, 9.17) is 9.47 Å². The second-order valence-electron chi connectivity index (χ2n) is 2.31. The molecule has 0 fully saturated rings. The average Bonchev–Trinajstić information content (AvgIpc) is 2.19. The summed E-state index contributed by atoms with van der Waals surface area (Å²) >= 11 is 3.79. The summed E-state index contributed by atoms with van der Waals surface area (Å²) in [6, 6.07) is 6.78. The molecule has 0 aliphatic heterocycles. The van der Waals surface area contributed by atoms with E-state index in [1.807, 2.05) is 0 Å². The van der Waals surface area contributed by atoms with Gasteiger partial charge in [0.15, 0.2) is 0 Å². The minimum atomic E-state index is -0.367. The van der Waals surface area contributed by atoms with Crippen molar-refractivity contribution in [3.8, 4) is 11.5 Å². The number of rotatable bonds is 3. The van der Waals surface area contributed by atoms with E-state index in [0.717, 1.165) is 5.75 Å². The fourth-order valence-electron chi connectivity index (χ4n) is 0.807. The highest BCUT2D eigenvalue weighted by atomic mass is 32.1. The third-order valence-corrected chi connectivity index (χ3v) is 1.68. The smallest absolute Gasteiger partial charge is 0.321 e. The van der Waals surface area contributed by atoms with Crippen molar-refractivity contribution >= 4 is 18.6 Å². The molecule has 0 unspecified atom stereocenters. The second kappa shape index (κ2) is 4.77. The van der Waals surface area contributed by atoms with E-state index in [-0.39, 0.29) is 11.7 Å². The molecule has 1 rings (SSSR count). The number of benzene rings is 1. The zero-order valence-corrected chi connectivity index (χ0v) is 8.08. The molecular weight excluding hydrogens is 188 g/mol. The molecule has 13 heavy (non-hydrogen) atoms. The summed E-state index contributed by atoms with van der Waals surface area (Å²) in [5.41, 5.74) is 0. The number of carbonyl (C=O) groups excluding carboxylic acids is 1. The topological polar surface area (TPSA) is 35.5 Å². The van der Waals surface area contributed by atoms with Crippen LogP contribution < -0.4 is 9.47 Å². The van der Waals surface area contributed by atoms with Crippen LogP contribution in [0.5, 0.6) is 11.5 Å². The normalized spacial score (nSPS) is 9.38. The maximum absolute atomic E-state index is 10.8. The number of thiol groups is 1. The summed E-state index contributed by atoms with van der Waals surface area (Å²) < 4.78 is 9.84. The first-order valence-electron chi connectivity index (χ1n) is 3.72. The number of hydrogen-bond donors (Lipinski definition) is 1. The Labute approximate surface area is 82.1 Å². The zero-order chi connectivity index (χ0) is 9.68. The minimum absolute atomic E-state index is 0.0754. The van der Waals surface area contributed by atoms with Crippen LogP contribution in [0.2, 0.25) is 0 Å². The first-order chi connectivity index (χ1) is 6.26. The van der Waals surface area contributed by atoms with Gasteiger partial charge in [-0.05, 0) is 24.3 Å². The van der Waals surface area contributed by atoms with Crippen molar-refractivity contribution in [3.05, 3.63) is 24.3 Å². The van der Waals surface area contributed by atoms with Gasteiger partial charge >= 0.3 is 5.97 Å². The summed E-state index contributed by atoms with van der Waals surface area (Å²) in [7, 11) is 1.58. The van der Waals surface area contributed by atoms with E-state index < -0.39 is 0 Å². The molecule has 0 amide bonds. The van der Waals surface area contributed by atoms with Crippen molar-refractivity contribution in [2.24, 2.45) is 0 Å². The van der Waals surface area contributed by atoms with E-state index in [1.165, 1.54) is 0 Å². The number of methoxy groups -OCH3 is 1. The molecule has 70 valence electrons. The van der Waals surface area contributed by atoms with Gasteiger partial charge in [0, 0.05) is 0 Å². The van der Waals surface area contributed by atoms with Gasteiger partial charge in [0.1, 0.15) is 11.5 Å². The molecule has 0 aromatic heterocycles. The van der Waals surface area contributed by atoms with Crippen LogP contribution in [0.1, 0.15) is 0 Å². The first kappa shape index (κ1) is 9.92. The van der Waals surface area contributed by atoms with Gasteiger partial charge in [-0.1, -0.05) is 0 Å². The SMILES string of the molecule is COc1ccc(OC(=O)CS)cc1. The Morgan fingerprint density at radius 3 is 2.31 bits per heavy atom. The molecule has 0 heterocycles. The van der Waals surface area contributed by atoms with Crippen LogP contribution in [0, 0.1) is 0 Å². The summed E-state index contributed by atoms with van der Waals surface area (Å²) in [5, 5.41) is 0.